The maximum Gasteiger partial charge on any atom is 0.158 e. The molecular weight excluding hydrogens is 200 g/mol. The predicted octanol–water partition coefficient (Wildman–Crippen LogP) is 1.66. The standard InChI is InChI=1S/C12H16N4/c1-9-11-5-3-7-14-12(11)16(15-9)10-4-2-6-13-8-10/h3,5,7,10,13H,2,4,6,8H2,1H3. The van der Waals surface area contributed by atoms with Gasteiger partial charge in [0, 0.05) is 18.1 Å². The molecule has 0 saturated carbocycles. The van der Waals surface area contributed by atoms with Crippen molar-refractivity contribution in [1.29, 1.82) is 0 Å². The number of fused-ring (bicyclic) bond motifs is 1. The molecule has 4 nitrogen and oxygen atoms in total. The second-order valence-corrected chi connectivity index (χ2v) is 4.40. The Kier molecular flexibility index (Phi) is 2.36. The van der Waals surface area contributed by atoms with Crippen LogP contribution in [0.1, 0.15) is 24.6 Å². The zero-order valence-electron chi connectivity index (χ0n) is 9.48. The van der Waals surface area contributed by atoms with Crippen molar-refractivity contribution in [3.8, 4) is 0 Å². The lowest BCUT2D eigenvalue weighted by Crippen LogP contribution is -2.32. The van der Waals surface area contributed by atoms with Crippen molar-refractivity contribution >= 4 is 11.0 Å². The van der Waals surface area contributed by atoms with Gasteiger partial charge < -0.3 is 5.32 Å². The Morgan fingerprint density at radius 2 is 2.44 bits per heavy atom. The summed E-state index contributed by atoms with van der Waals surface area (Å²) in [6.45, 7) is 4.19. The van der Waals surface area contributed by atoms with Crippen molar-refractivity contribution in [1.82, 2.24) is 20.1 Å². The highest BCUT2D eigenvalue weighted by molar-refractivity contribution is 5.77. The van der Waals surface area contributed by atoms with Crippen molar-refractivity contribution < 1.29 is 0 Å². The van der Waals surface area contributed by atoms with Gasteiger partial charge in [-0.05, 0) is 38.4 Å². The molecule has 16 heavy (non-hydrogen) atoms. The Bertz CT molecular complexity index is 497. The van der Waals surface area contributed by atoms with Crippen LogP contribution >= 0.6 is 0 Å². The van der Waals surface area contributed by atoms with Crippen LogP contribution in [0.25, 0.3) is 11.0 Å². The van der Waals surface area contributed by atoms with Crippen molar-refractivity contribution in [3.05, 3.63) is 24.0 Å². The molecule has 2 aromatic heterocycles. The molecule has 0 bridgehead atoms. The van der Waals surface area contributed by atoms with E-state index in [1.807, 2.05) is 12.3 Å². The van der Waals surface area contributed by atoms with E-state index in [2.05, 4.69) is 33.1 Å². The highest BCUT2D eigenvalue weighted by Gasteiger charge is 2.19. The fourth-order valence-electron chi connectivity index (χ4n) is 2.42. The molecule has 4 heteroatoms. The van der Waals surface area contributed by atoms with Crippen LogP contribution in [-0.2, 0) is 0 Å². The van der Waals surface area contributed by atoms with E-state index in [1.165, 1.54) is 18.2 Å². The molecular formula is C12H16N4. The number of hydrogen-bond acceptors (Lipinski definition) is 3. The van der Waals surface area contributed by atoms with Gasteiger partial charge in [-0.25, -0.2) is 9.67 Å². The lowest BCUT2D eigenvalue weighted by molar-refractivity contribution is 0.352. The van der Waals surface area contributed by atoms with Gasteiger partial charge in [0.1, 0.15) is 0 Å². The number of hydrogen-bond donors (Lipinski definition) is 1. The van der Waals surface area contributed by atoms with Crippen molar-refractivity contribution in [2.24, 2.45) is 0 Å². The molecule has 2 aromatic rings. The lowest BCUT2D eigenvalue weighted by Gasteiger charge is -2.23. The fourth-order valence-corrected chi connectivity index (χ4v) is 2.42. The van der Waals surface area contributed by atoms with Gasteiger partial charge in [0.25, 0.3) is 0 Å². The smallest absolute Gasteiger partial charge is 0.158 e. The third-order valence-electron chi connectivity index (χ3n) is 3.27. The molecule has 0 aromatic carbocycles. The topological polar surface area (TPSA) is 42.7 Å². The highest BCUT2D eigenvalue weighted by atomic mass is 15.3. The Morgan fingerprint density at radius 1 is 1.50 bits per heavy atom. The Hall–Kier alpha value is -1.42. The van der Waals surface area contributed by atoms with Crippen LogP contribution in [0.4, 0.5) is 0 Å². The number of nitrogens with zero attached hydrogens (tertiary/aromatic N) is 3. The molecule has 3 rings (SSSR count). The minimum absolute atomic E-state index is 0.458. The number of aromatic nitrogens is 3. The molecule has 1 unspecified atom stereocenters. The van der Waals surface area contributed by atoms with Gasteiger partial charge >= 0.3 is 0 Å². The summed E-state index contributed by atoms with van der Waals surface area (Å²) in [5.41, 5.74) is 2.10. The summed E-state index contributed by atoms with van der Waals surface area (Å²) in [6.07, 6.45) is 4.26. The summed E-state index contributed by atoms with van der Waals surface area (Å²) in [4.78, 5) is 4.45. The monoisotopic (exact) mass is 216 g/mol. The van der Waals surface area contributed by atoms with Gasteiger partial charge in [0.2, 0.25) is 0 Å². The van der Waals surface area contributed by atoms with E-state index in [1.54, 1.807) is 0 Å². The first kappa shape index (κ1) is 9.78. The third-order valence-corrected chi connectivity index (χ3v) is 3.27. The molecule has 0 amide bonds. The van der Waals surface area contributed by atoms with Gasteiger partial charge in [0.05, 0.1) is 11.7 Å². The van der Waals surface area contributed by atoms with E-state index in [9.17, 15) is 0 Å². The molecule has 1 saturated heterocycles. The van der Waals surface area contributed by atoms with Gasteiger partial charge in [-0.2, -0.15) is 5.10 Å². The number of piperidine rings is 1. The molecule has 0 aliphatic carbocycles. The van der Waals surface area contributed by atoms with Crippen LogP contribution in [0.5, 0.6) is 0 Å². The van der Waals surface area contributed by atoms with Gasteiger partial charge in [-0.3, -0.25) is 0 Å². The third kappa shape index (κ3) is 1.50. The van der Waals surface area contributed by atoms with Crippen molar-refractivity contribution in [3.63, 3.8) is 0 Å². The fraction of sp³-hybridized carbons (Fsp3) is 0.500. The molecule has 1 aliphatic rings. The second kappa shape index (κ2) is 3.87. The zero-order chi connectivity index (χ0) is 11.0. The van der Waals surface area contributed by atoms with E-state index >= 15 is 0 Å². The largest absolute Gasteiger partial charge is 0.315 e. The highest BCUT2D eigenvalue weighted by Crippen LogP contribution is 2.22. The normalized spacial score (nSPS) is 21.4. The van der Waals surface area contributed by atoms with Gasteiger partial charge in [-0.1, -0.05) is 0 Å². The molecule has 1 fully saturated rings. The molecule has 0 radical (unpaired) electrons. The average Bonchev–Trinajstić information content (AvgIpc) is 2.69. The number of pyridine rings is 1. The number of nitrogens with one attached hydrogen (secondary N) is 1. The minimum atomic E-state index is 0.458. The van der Waals surface area contributed by atoms with E-state index in [0.29, 0.717) is 6.04 Å². The molecule has 1 aliphatic heterocycles. The average molecular weight is 216 g/mol. The summed E-state index contributed by atoms with van der Waals surface area (Å²) in [7, 11) is 0. The van der Waals surface area contributed by atoms with Gasteiger partial charge in [0.15, 0.2) is 5.65 Å². The van der Waals surface area contributed by atoms with Crippen molar-refractivity contribution in [2.45, 2.75) is 25.8 Å². The summed E-state index contributed by atoms with van der Waals surface area (Å²) in [6, 6.07) is 4.53. The molecule has 3 heterocycles. The molecule has 84 valence electrons. The first-order valence-corrected chi connectivity index (χ1v) is 5.87. The first-order valence-electron chi connectivity index (χ1n) is 5.87. The summed E-state index contributed by atoms with van der Waals surface area (Å²) in [5, 5.41) is 9.22. The summed E-state index contributed by atoms with van der Waals surface area (Å²) < 4.78 is 2.09. The molecule has 1 N–H and O–H groups in total. The van der Waals surface area contributed by atoms with E-state index in [0.717, 1.165) is 24.4 Å². The van der Waals surface area contributed by atoms with Crippen molar-refractivity contribution in [2.75, 3.05) is 13.1 Å². The van der Waals surface area contributed by atoms with Crippen LogP contribution in [0.15, 0.2) is 18.3 Å². The Morgan fingerprint density at radius 3 is 3.25 bits per heavy atom. The first-order chi connectivity index (χ1) is 7.86. The maximum absolute atomic E-state index is 4.63. The summed E-state index contributed by atoms with van der Waals surface area (Å²) >= 11 is 0. The van der Waals surface area contributed by atoms with Crippen LogP contribution in [-0.4, -0.2) is 27.9 Å². The van der Waals surface area contributed by atoms with Crippen LogP contribution in [0, 0.1) is 6.92 Å². The van der Waals surface area contributed by atoms with Crippen LogP contribution in [0.3, 0.4) is 0 Å². The molecule has 0 spiro atoms. The summed E-state index contributed by atoms with van der Waals surface area (Å²) in [5.74, 6) is 0. The van der Waals surface area contributed by atoms with E-state index < -0.39 is 0 Å². The quantitative estimate of drug-likeness (QED) is 0.788. The Balaban J connectivity index is 2.08. The van der Waals surface area contributed by atoms with E-state index in [-0.39, 0.29) is 0 Å². The minimum Gasteiger partial charge on any atom is -0.315 e. The Labute approximate surface area is 94.7 Å². The maximum atomic E-state index is 4.63. The number of aryl methyl sites for hydroxylation is 1. The van der Waals surface area contributed by atoms with E-state index in [4.69, 9.17) is 0 Å². The SMILES string of the molecule is Cc1nn(C2CCCNC2)c2ncccc12. The second-order valence-electron chi connectivity index (χ2n) is 4.40. The number of rotatable bonds is 1. The predicted molar refractivity (Wildman–Crippen MR) is 63.4 cm³/mol. The zero-order valence-corrected chi connectivity index (χ0v) is 9.48. The van der Waals surface area contributed by atoms with Crippen LogP contribution < -0.4 is 5.32 Å². The lowest BCUT2D eigenvalue weighted by atomic mass is 10.1. The van der Waals surface area contributed by atoms with Gasteiger partial charge in [-0.15, -0.1) is 0 Å². The van der Waals surface area contributed by atoms with Crippen LogP contribution in [0.2, 0.25) is 0 Å². The molecule has 1 atom stereocenters.